The van der Waals surface area contributed by atoms with Crippen molar-refractivity contribution < 1.29 is 19.1 Å². The lowest BCUT2D eigenvalue weighted by Gasteiger charge is -2.17. The minimum atomic E-state index is -0.530. The van der Waals surface area contributed by atoms with E-state index in [9.17, 15) is 9.59 Å². The number of benzene rings is 3. The lowest BCUT2D eigenvalue weighted by molar-refractivity contribution is -0.148. The molecule has 0 radical (unpaired) electrons. The van der Waals surface area contributed by atoms with Crippen LogP contribution in [0.4, 0.5) is 11.4 Å². The van der Waals surface area contributed by atoms with Crippen LogP contribution in [0.2, 0.25) is 0 Å². The van der Waals surface area contributed by atoms with Crippen molar-refractivity contribution in [2.75, 3.05) is 11.1 Å². The molecule has 0 aliphatic rings. The Morgan fingerprint density at radius 3 is 2.27 bits per heavy atom. The van der Waals surface area contributed by atoms with Crippen LogP contribution in [-0.2, 0) is 20.7 Å². The summed E-state index contributed by atoms with van der Waals surface area (Å²) in [5.74, 6) is 0.712. The number of carbonyl (C=O) groups is 2. The summed E-state index contributed by atoms with van der Waals surface area (Å²) in [6.07, 6.45) is 3.26. The van der Waals surface area contributed by atoms with Crippen molar-refractivity contribution in [1.29, 1.82) is 0 Å². The quantitative estimate of drug-likeness (QED) is 0.281. The second-order valence-electron chi connectivity index (χ2n) is 8.50. The maximum absolute atomic E-state index is 12.5. The Hall–Kier alpha value is -4.06. The van der Waals surface area contributed by atoms with Crippen LogP contribution in [0.15, 0.2) is 78.9 Å². The summed E-state index contributed by atoms with van der Waals surface area (Å²) >= 11 is 0. The number of hydrogen-bond acceptors (Lipinski definition) is 5. The minimum absolute atomic E-state index is 0.185. The molecule has 0 bridgehead atoms. The monoisotopic (exact) mass is 444 g/mol. The van der Waals surface area contributed by atoms with E-state index < -0.39 is 11.6 Å². The number of carbonyl (C=O) groups excluding carboxylic acids is 2. The van der Waals surface area contributed by atoms with E-state index in [1.54, 1.807) is 24.3 Å². The van der Waals surface area contributed by atoms with E-state index in [-0.39, 0.29) is 12.3 Å². The first-order valence-corrected chi connectivity index (χ1v) is 10.6. The third-order valence-electron chi connectivity index (χ3n) is 4.44. The molecule has 0 fully saturated rings. The van der Waals surface area contributed by atoms with Crippen LogP contribution in [0, 0.1) is 0 Å². The molecule has 3 N–H and O–H groups in total. The Balaban J connectivity index is 1.54. The van der Waals surface area contributed by atoms with E-state index in [1.807, 2.05) is 75.4 Å². The van der Waals surface area contributed by atoms with Gasteiger partial charge in [-0.25, -0.2) is 4.79 Å². The smallest absolute Gasteiger partial charge is 0.331 e. The van der Waals surface area contributed by atoms with Crippen molar-refractivity contribution in [3.05, 3.63) is 90.0 Å². The summed E-state index contributed by atoms with van der Waals surface area (Å²) in [4.78, 5) is 24.2. The Kier molecular flexibility index (Phi) is 7.51. The average molecular weight is 445 g/mol. The zero-order chi connectivity index (χ0) is 23.8. The Morgan fingerprint density at radius 1 is 0.939 bits per heavy atom. The highest BCUT2D eigenvalue weighted by atomic mass is 16.6. The Bertz CT molecular complexity index is 1130. The third-order valence-corrected chi connectivity index (χ3v) is 4.44. The topological polar surface area (TPSA) is 90.7 Å². The first kappa shape index (κ1) is 23.6. The maximum atomic E-state index is 12.5. The maximum Gasteiger partial charge on any atom is 0.331 e. The van der Waals surface area contributed by atoms with Gasteiger partial charge in [0.2, 0.25) is 5.91 Å². The fraction of sp³-hybridized carbons (Fsp3) is 0.185. The van der Waals surface area contributed by atoms with Crippen LogP contribution in [0.1, 0.15) is 31.9 Å². The van der Waals surface area contributed by atoms with Gasteiger partial charge in [-0.15, -0.1) is 0 Å². The number of nitrogens with two attached hydrogens (primary N) is 1. The fourth-order valence-corrected chi connectivity index (χ4v) is 2.97. The van der Waals surface area contributed by atoms with Crippen molar-refractivity contribution in [1.82, 2.24) is 0 Å². The molecule has 6 heteroatoms. The van der Waals surface area contributed by atoms with Gasteiger partial charge in [0.15, 0.2) is 0 Å². The Labute approximate surface area is 194 Å². The molecule has 33 heavy (non-hydrogen) atoms. The summed E-state index contributed by atoms with van der Waals surface area (Å²) < 4.78 is 11.0. The van der Waals surface area contributed by atoms with Crippen molar-refractivity contribution in [3.8, 4) is 11.5 Å². The fourth-order valence-electron chi connectivity index (χ4n) is 2.97. The van der Waals surface area contributed by atoms with Crippen LogP contribution in [-0.4, -0.2) is 17.5 Å². The second-order valence-corrected chi connectivity index (χ2v) is 8.50. The molecular formula is C27H28N2O4. The number of para-hydroxylation sites is 1. The number of esters is 1. The molecule has 0 atom stereocenters. The van der Waals surface area contributed by atoms with Crippen molar-refractivity contribution >= 4 is 29.3 Å². The first-order valence-electron chi connectivity index (χ1n) is 10.6. The Morgan fingerprint density at radius 2 is 1.64 bits per heavy atom. The predicted molar refractivity (Wildman–Crippen MR) is 131 cm³/mol. The van der Waals surface area contributed by atoms with Crippen LogP contribution in [0.3, 0.4) is 0 Å². The van der Waals surface area contributed by atoms with Crippen LogP contribution < -0.4 is 15.8 Å². The SMILES string of the molecule is CC(C)(C)OC(=O)/C=C/c1ccc(CC(=O)Nc2ccc(Oc3ccccc3)cc2N)cc1. The molecule has 0 aromatic heterocycles. The van der Waals surface area contributed by atoms with Gasteiger partial charge in [0, 0.05) is 12.1 Å². The molecular weight excluding hydrogens is 416 g/mol. The standard InChI is InChI=1S/C27H28N2O4/c1-27(2,3)33-26(31)16-13-19-9-11-20(12-10-19)17-25(30)29-24-15-14-22(18-23(24)28)32-21-7-5-4-6-8-21/h4-16,18H,17,28H2,1-3H3,(H,29,30)/b16-13+. The van der Waals surface area contributed by atoms with Crippen molar-refractivity contribution in [2.24, 2.45) is 0 Å². The second kappa shape index (κ2) is 10.5. The predicted octanol–water partition coefficient (Wildman–Crippen LogP) is 5.60. The number of ether oxygens (including phenoxy) is 2. The molecule has 0 aliphatic carbocycles. The highest BCUT2D eigenvalue weighted by molar-refractivity contribution is 5.95. The zero-order valence-electron chi connectivity index (χ0n) is 19.0. The molecule has 1 amide bonds. The number of hydrogen-bond donors (Lipinski definition) is 2. The minimum Gasteiger partial charge on any atom is -0.457 e. The summed E-state index contributed by atoms with van der Waals surface area (Å²) in [6.45, 7) is 5.46. The van der Waals surface area contributed by atoms with E-state index in [0.717, 1.165) is 11.1 Å². The van der Waals surface area contributed by atoms with E-state index in [2.05, 4.69) is 5.32 Å². The summed E-state index contributed by atoms with van der Waals surface area (Å²) in [7, 11) is 0. The zero-order valence-corrected chi connectivity index (χ0v) is 19.0. The normalized spacial score (nSPS) is 11.2. The molecule has 170 valence electrons. The first-order chi connectivity index (χ1) is 15.7. The molecule has 0 spiro atoms. The lowest BCUT2D eigenvalue weighted by atomic mass is 10.1. The number of anilines is 2. The molecule has 6 nitrogen and oxygen atoms in total. The summed E-state index contributed by atoms with van der Waals surface area (Å²) in [6, 6.07) is 21.9. The number of nitrogens with one attached hydrogen (secondary N) is 1. The van der Waals surface area contributed by atoms with Crippen molar-refractivity contribution in [3.63, 3.8) is 0 Å². The lowest BCUT2D eigenvalue weighted by Crippen LogP contribution is -2.22. The molecule has 0 aliphatic heterocycles. The van der Waals surface area contributed by atoms with Gasteiger partial charge in [0.25, 0.3) is 0 Å². The van der Waals surface area contributed by atoms with E-state index >= 15 is 0 Å². The number of amides is 1. The molecule has 0 saturated carbocycles. The van der Waals surface area contributed by atoms with Gasteiger partial charge in [0.05, 0.1) is 17.8 Å². The van der Waals surface area contributed by atoms with Gasteiger partial charge < -0.3 is 20.5 Å². The number of nitrogen functional groups attached to an aromatic ring is 1. The molecule has 3 aromatic carbocycles. The molecule has 0 heterocycles. The molecule has 3 rings (SSSR count). The largest absolute Gasteiger partial charge is 0.457 e. The number of rotatable bonds is 7. The third kappa shape index (κ3) is 7.85. The average Bonchev–Trinajstić information content (AvgIpc) is 2.75. The highest BCUT2D eigenvalue weighted by Crippen LogP contribution is 2.28. The van der Waals surface area contributed by atoms with E-state index in [0.29, 0.717) is 22.9 Å². The van der Waals surface area contributed by atoms with Gasteiger partial charge in [-0.05, 0) is 62.2 Å². The van der Waals surface area contributed by atoms with Crippen molar-refractivity contribution in [2.45, 2.75) is 32.8 Å². The van der Waals surface area contributed by atoms with Gasteiger partial charge >= 0.3 is 5.97 Å². The van der Waals surface area contributed by atoms with Gasteiger partial charge in [0.1, 0.15) is 17.1 Å². The molecule has 3 aromatic rings. The summed E-state index contributed by atoms with van der Waals surface area (Å²) in [5.41, 5.74) is 8.18. The van der Waals surface area contributed by atoms with Gasteiger partial charge in [-0.3, -0.25) is 4.79 Å². The summed E-state index contributed by atoms with van der Waals surface area (Å²) in [5, 5.41) is 2.83. The van der Waals surface area contributed by atoms with Crippen LogP contribution in [0.25, 0.3) is 6.08 Å². The molecule has 0 saturated heterocycles. The van der Waals surface area contributed by atoms with Crippen LogP contribution in [0.5, 0.6) is 11.5 Å². The highest BCUT2D eigenvalue weighted by Gasteiger charge is 2.14. The molecule has 0 unspecified atom stereocenters. The van der Waals surface area contributed by atoms with Gasteiger partial charge in [-0.1, -0.05) is 42.5 Å². The van der Waals surface area contributed by atoms with E-state index in [4.69, 9.17) is 15.2 Å². The van der Waals surface area contributed by atoms with Crippen LogP contribution >= 0.6 is 0 Å². The van der Waals surface area contributed by atoms with E-state index in [1.165, 1.54) is 6.08 Å². The van der Waals surface area contributed by atoms with Gasteiger partial charge in [-0.2, -0.15) is 0 Å².